The normalized spacial score (nSPS) is 13.6. The Kier molecular flexibility index (Phi) is 6.12. The molecular weight excluding hydrogens is 513 g/mol. The highest BCUT2D eigenvalue weighted by molar-refractivity contribution is 9.10. The van der Waals surface area contributed by atoms with Crippen molar-refractivity contribution in [1.82, 2.24) is 4.57 Å². The molecule has 0 saturated carbocycles. The van der Waals surface area contributed by atoms with Crippen LogP contribution in [0.3, 0.4) is 0 Å². The summed E-state index contributed by atoms with van der Waals surface area (Å²) in [5.41, 5.74) is -1.82. The number of rotatable bonds is 3. The topological polar surface area (TPSA) is 51.8 Å². The van der Waals surface area contributed by atoms with Crippen molar-refractivity contribution in [3.63, 3.8) is 0 Å². The summed E-state index contributed by atoms with van der Waals surface area (Å²) in [5, 5.41) is 8.19. The van der Waals surface area contributed by atoms with Crippen molar-refractivity contribution in [2.24, 2.45) is 0 Å². The van der Waals surface area contributed by atoms with Crippen molar-refractivity contribution < 1.29 is 26.5 Å². The van der Waals surface area contributed by atoms with E-state index < -0.39 is 48.1 Å². The van der Waals surface area contributed by atoms with E-state index in [1.165, 1.54) is 0 Å². The molecule has 0 saturated heterocycles. The molecule has 3 nitrogen and oxygen atoms in total. The maximum absolute atomic E-state index is 13.2. The molecule has 0 radical (unpaired) electrons. The van der Waals surface area contributed by atoms with Gasteiger partial charge in [-0.05, 0) is 28.1 Å². The van der Waals surface area contributed by atoms with Crippen molar-refractivity contribution in [3.8, 4) is 11.8 Å². The SMILES string of the molecule is N#Cc1c([S+]([O-])C(F)(F)Cl)cn(-c2c(Cl)cc(C(F)(F)F)cc2Cl)c1Br. The molecule has 0 aliphatic heterocycles. The van der Waals surface area contributed by atoms with Crippen LogP contribution in [0, 0.1) is 11.3 Å². The second-order valence-corrected chi connectivity index (χ2v) is 8.40. The van der Waals surface area contributed by atoms with Gasteiger partial charge in [-0.15, -0.1) is 8.78 Å². The molecule has 1 unspecified atom stereocenters. The molecule has 0 fully saturated rings. The number of hydrogen-bond acceptors (Lipinski definition) is 2. The standard InChI is InChI=1S/C13H3BrCl3F5N2OS/c14-11-6(3-23)9(26(25)13(17,21)22)4-24(11)10-7(15)1-5(2-8(10)16)12(18,19)20/h1-2,4H. The molecule has 0 N–H and O–H groups in total. The van der Waals surface area contributed by atoms with Crippen molar-refractivity contribution >= 4 is 61.9 Å². The molecule has 1 heterocycles. The van der Waals surface area contributed by atoms with E-state index in [0.717, 1.165) is 10.8 Å². The lowest BCUT2D eigenvalue weighted by molar-refractivity contribution is -0.137. The molecule has 140 valence electrons. The van der Waals surface area contributed by atoms with Gasteiger partial charge < -0.3 is 9.12 Å². The van der Waals surface area contributed by atoms with Crippen LogP contribution in [-0.2, 0) is 17.4 Å². The number of aromatic nitrogens is 1. The Morgan fingerprint density at radius 2 is 1.65 bits per heavy atom. The molecular formula is C13H3BrCl3F5N2OS. The lowest BCUT2D eigenvalue weighted by Gasteiger charge is -2.14. The first-order valence-corrected chi connectivity index (χ1v) is 9.22. The lowest BCUT2D eigenvalue weighted by atomic mass is 10.2. The zero-order valence-corrected chi connectivity index (χ0v) is 16.5. The van der Waals surface area contributed by atoms with Crippen LogP contribution in [0.4, 0.5) is 22.0 Å². The van der Waals surface area contributed by atoms with Gasteiger partial charge in [0.2, 0.25) is 0 Å². The van der Waals surface area contributed by atoms with E-state index in [1.54, 1.807) is 6.07 Å². The second kappa shape index (κ2) is 7.37. The molecule has 26 heavy (non-hydrogen) atoms. The predicted molar refractivity (Wildman–Crippen MR) is 90.4 cm³/mol. The molecule has 1 aromatic heterocycles. The summed E-state index contributed by atoms with van der Waals surface area (Å²) < 4.78 is 73.1. The van der Waals surface area contributed by atoms with E-state index in [2.05, 4.69) is 15.9 Å². The van der Waals surface area contributed by atoms with E-state index in [0.29, 0.717) is 12.1 Å². The van der Waals surface area contributed by atoms with Crippen molar-refractivity contribution in [3.05, 3.63) is 44.1 Å². The first-order valence-electron chi connectivity index (χ1n) is 6.15. The Hall–Kier alpha value is -0.700. The molecule has 13 heteroatoms. The van der Waals surface area contributed by atoms with Crippen molar-refractivity contribution in [1.29, 1.82) is 5.26 Å². The van der Waals surface area contributed by atoms with Crippen molar-refractivity contribution in [2.75, 3.05) is 0 Å². The van der Waals surface area contributed by atoms with Gasteiger partial charge in [0.1, 0.15) is 16.2 Å². The van der Waals surface area contributed by atoms with Gasteiger partial charge in [-0.25, -0.2) is 0 Å². The Balaban J connectivity index is 2.72. The van der Waals surface area contributed by atoms with Crippen LogP contribution >= 0.6 is 50.7 Å². The average Bonchev–Trinajstić information content (AvgIpc) is 2.80. The third-order valence-corrected chi connectivity index (χ3v) is 5.92. The predicted octanol–water partition coefficient (Wildman–Crippen LogP) is 6.33. The zero-order chi connectivity index (χ0) is 20.0. The van der Waals surface area contributed by atoms with Crippen LogP contribution in [0.25, 0.3) is 5.69 Å². The van der Waals surface area contributed by atoms with E-state index in [4.69, 9.17) is 40.1 Å². The Morgan fingerprint density at radius 1 is 1.15 bits per heavy atom. The number of benzene rings is 1. The highest BCUT2D eigenvalue weighted by Gasteiger charge is 2.46. The fourth-order valence-electron chi connectivity index (χ4n) is 1.95. The number of halogens is 9. The summed E-state index contributed by atoms with van der Waals surface area (Å²) in [5.74, 6) is 0. The lowest BCUT2D eigenvalue weighted by Crippen LogP contribution is -2.22. The van der Waals surface area contributed by atoms with Gasteiger partial charge in [-0.3, -0.25) is 0 Å². The quantitative estimate of drug-likeness (QED) is 0.272. The van der Waals surface area contributed by atoms with Crippen LogP contribution in [0.1, 0.15) is 11.1 Å². The number of hydrogen-bond donors (Lipinski definition) is 0. The van der Waals surface area contributed by atoms with Crippen LogP contribution in [0.2, 0.25) is 10.0 Å². The maximum Gasteiger partial charge on any atom is 0.497 e. The fraction of sp³-hybridized carbons (Fsp3) is 0.154. The van der Waals surface area contributed by atoms with Crippen molar-refractivity contribution in [2.45, 2.75) is 15.8 Å². The summed E-state index contributed by atoms with van der Waals surface area (Å²) >= 11 is 16.3. The molecule has 0 aliphatic rings. The zero-order valence-electron chi connectivity index (χ0n) is 11.8. The van der Waals surface area contributed by atoms with Crippen LogP contribution in [0.15, 0.2) is 27.8 Å². The largest absolute Gasteiger partial charge is 0.606 e. The van der Waals surface area contributed by atoms with E-state index >= 15 is 0 Å². The molecule has 0 spiro atoms. The van der Waals surface area contributed by atoms with E-state index in [-0.39, 0.29) is 10.3 Å². The highest BCUT2D eigenvalue weighted by atomic mass is 79.9. The Labute approximate surface area is 169 Å². The molecule has 1 atom stereocenters. The van der Waals surface area contributed by atoms with Gasteiger partial charge in [0.15, 0.2) is 4.90 Å². The molecule has 2 rings (SSSR count). The third-order valence-electron chi connectivity index (χ3n) is 3.02. The number of alkyl halides is 6. The Bertz CT molecular complexity index is 884. The summed E-state index contributed by atoms with van der Waals surface area (Å²) in [6.45, 7) is 0. The average molecular weight is 516 g/mol. The molecule has 0 amide bonds. The summed E-state index contributed by atoms with van der Waals surface area (Å²) in [6.07, 6.45) is -3.89. The Morgan fingerprint density at radius 3 is 2.04 bits per heavy atom. The van der Waals surface area contributed by atoms with Gasteiger partial charge in [0.05, 0.1) is 38.7 Å². The van der Waals surface area contributed by atoms with Gasteiger partial charge in [-0.1, -0.05) is 23.2 Å². The van der Waals surface area contributed by atoms with Crippen LogP contribution in [0.5, 0.6) is 0 Å². The minimum Gasteiger partial charge on any atom is -0.606 e. The molecule has 2 aromatic rings. The van der Waals surface area contributed by atoms with Gasteiger partial charge in [-0.2, -0.15) is 18.4 Å². The minimum absolute atomic E-state index is 0.187. The monoisotopic (exact) mass is 514 g/mol. The smallest absolute Gasteiger partial charge is 0.497 e. The fourth-order valence-corrected chi connectivity index (χ4v) is 4.36. The molecule has 1 aromatic carbocycles. The first kappa shape index (κ1) is 21.6. The van der Waals surface area contributed by atoms with Gasteiger partial charge >= 0.3 is 10.9 Å². The van der Waals surface area contributed by atoms with E-state index in [1.807, 2.05) is 0 Å². The molecule has 0 bridgehead atoms. The maximum atomic E-state index is 13.2. The highest BCUT2D eigenvalue weighted by Crippen LogP contribution is 2.42. The summed E-state index contributed by atoms with van der Waals surface area (Å²) in [6, 6.07) is 2.72. The summed E-state index contributed by atoms with van der Waals surface area (Å²) in [7, 11) is 0. The first-order chi connectivity index (χ1) is 11.8. The van der Waals surface area contributed by atoms with Gasteiger partial charge in [0.25, 0.3) is 0 Å². The number of nitrogens with zero attached hydrogens (tertiary/aromatic N) is 2. The number of nitriles is 1. The van der Waals surface area contributed by atoms with Gasteiger partial charge in [0, 0.05) is 11.6 Å². The summed E-state index contributed by atoms with van der Waals surface area (Å²) in [4.78, 5) is -0.647. The second-order valence-electron chi connectivity index (χ2n) is 4.64. The third kappa shape index (κ3) is 4.08. The molecule has 0 aliphatic carbocycles. The van der Waals surface area contributed by atoms with Crippen LogP contribution in [-0.4, -0.2) is 13.8 Å². The minimum atomic E-state index is -4.72. The van der Waals surface area contributed by atoms with Crippen LogP contribution < -0.4 is 0 Å². The van der Waals surface area contributed by atoms with E-state index in [9.17, 15) is 26.5 Å².